The van der Waals surface area contributed by atoms with Crippen molar-refractivity contribution in [2.45, 2.75) is 31.2 Å². The molecule has 1 atom stereocenters. The van der Waals surface area contributed by atoms with Gasteiger partial charge in [0.2, 0.25) is 10.0 Å². The minimum Gasteiger partial charge on any atom is -0.486 e. The van der Waals surface area contributed by atoms with E-state index >= 15 is 0 Å². The molecule has 1 aromatic carbocycles. The number of nitrogens with two attached hydrogens (primary N) is 1. The monoisotopic (exact) mass is 395 g/mol. The SMILES string of the molecule is CC(C)CC(CN)NS(=O)(=O)c1cc2c(cc1[N+](=O)[O-])OCCO2.Cl. The van der Waals surface area contributed by atoms with E-state index in [-0.39, 0.29) is 49.6 Å². The highest BCUT2D eigenvalue weighted by molar-refractivity contribution is 7.89. The second-order valence-corrected chi connectivity index (χ2v) is 7.59. The summed E-state index contributed by atoms with van der Waals surface area (Å²) in [4.78, 5) is 10.1. The summed E-state index contributed by atoms with van der Waals surface area (Å²) >= 11 is 0. The normalized spacial score (nSPS) is 14.7. The summed E-state index contributed by atoms with van der Waals surface area (Å²) < 4.78 is 38.3. The zero-order chi connectivity index (χ0) is 17.9. The third kappa shape index (κ3) is 5.18. The lowest BCUT2D eigenvalue weighted by Crippen LogP contribution is -2.41. The highest BCUT2D eigenvalue weighted by Crippen LogP contribution is 2.38. The summed E-state index contributed by atoms with van der Waals surface area (Å²) in [7, 11) is -4.13. The third-order valence-electron chi connectivity index (χ3n) is 3.47. The first-order chi connectivity index (χ1) is 11.2. The molecule has 1 unspecified atom stereocenters. The second-order valence-electron chi connectivity index (χ2n) is 5.90. The Hall–Kier alpha value is -1.62. The zero-order valence-electron chi connectivity index (χ0n) is 13.9. The van der Waals surface area contributed by atoms with E-state index in [4.69, 9.17) is 15.2 Å². The Bertz CT molecular complexity index is 726. The fourth-order valence-corrected chi connectivity index (χ4v) is 3.89. The first-order valence-corrected chi connectivity index (χ1v) is 9.03. The molecule has 142 valence electrons. The molecule has 25 heavy (non-hydrogen) atoms. The molecule has 2 rings (SSSR count). The number of ether oxygens (including phenoxy) is 2. The van der Waals surface area contributed by atoms with Gasteiger partial charge < -0.3 is 15.2 Å². The second kappa shape index (κ2) is 8.65. The lowest BCUT2D eigenvalue weighted by molar-refractivity contribution is -0.388. The van der Waals surface area contributed by atoms with Gasteiger partial charge in [-0.25, -0.2) is 13.1 Å². The first kappa shape index (κ1) is 21.4. The summed E-state index contributed by atoms with van der Waals surface area (Å²) in [5.74, 6) is 0.543. The number of rotatable bonds is 7. The van der Waals surface area contributed by atoms with Crippen LogP contribution in [0.5, 0.6) is 11.5 Å². The molecule has 0 aromatic heterocycles. The van der Waals surface area contributed by atoms with Gasteiger partial charge in [-0.3, -0.25) is 10.1 Å². The molecule has 1 aliphatic heterocycles. The predicted octanol–water partition coefficient (Wildman–Crippen LogP) is 1.44. The molecule has 3 N–H and O–H groups in total. The van der Waals surface area contributed by atoms with Gasteiger partial charge in [0.25, 0.3) is 5.69 Å². The quantitative estimate of drug-likeness (QED) is 0.526. The molecule has 0 fully saturated rings. The van der Waals surface area contributed by atoms with E-state index in [0.717, 1.165) is 12.1 Å². The van der Waals surface area contributed by atoms with Crippen LogP contribution in [0.15, 0.2) is 17.0 Å². The van der Waals surface area contributed by atoms with Crippen LogP contribution >= 0.6 is 12.4 Å². The Balaban J connectivity index is 0.00000312. The maximum absolute atomic E-state index is 12.6. The Kier molecular flexibility index (Phi) is 7.42. The van der Waals surface area contributed by atoms with Crippen LogP contribution in [-0.4, -0.2) is 39.1 Å². The van der Waals surface area contributed by atoms with Crippen molar-refractivity contribution in [3.05, 3.63) is 22.2 Å². The molecule has 11 heteroatoms. The molecular weight excluding hydrogens is 374 g/mol. The molecule has 9 nitrogen and oxygen atoms in total. The molecule has 1 aromatic rings. The minimum absolute atomic E-state index is 0. The van der Waals surface area contributed by atoms with Crippen molar-refractivity contribution in [2.24, 2.45) is 11.7 Å². The van der Waals surface area contributed by atoms with Crippen molar-refractivity contribution in [2.75, 3.05) is 19.8 Å². The Morgan fingerprint density at radius 1 is 1.28 bits per heavy atom. The van der Waals surface area contributed by atoms with Gasteiger partial charge in [0, 0.05) is 18.7 Å². The molecule has 0 bridgehead atoms. The number of nitrogens with one attached hydrogen (secondary N) is 1. The number of nitro groups is 1. The van der Waals surface area contributed by atoms with E-state index in [2.05, 4.69) is 4.72 Å². The van der Waals surface area contributed by atoms with Crippen LogP contribution in [0.1, 0.15) is 20.3 Å². The topological polar surface area (TPSA) is 134 Å². The van der Waals surface area contributed by atoms with Gasteiger partial charge >= 0.3 is 0 Å². The Morgan fingerprint density at radius 2 is 1.84 bits per heavy atom. The summed E-state index contributed by atoms with van der Waals surface area (Å²) in [5.41, 5.74) is 5.05. The smallest absolute Gasteiger partial charge is 0.293 e. The lowest BCUT2D eigenvalue weighted by atomic mass is 10.1. The molecule has 1 heterocycles. The van der Waals surface area contributed by atoms with Crippen LogP contribution in [0.4, 0.5) is 5.69 Å². The van der Waals surface area contributed by atoms with Crippen molar-refractivity contribution < 1.29 is 22.8 Å². The molecule has 0 saturated carbocycles. The first-order valence-electron chi connectivity index (χ1n) is 7.55. The molecule has 0 spiro atoms. The summed E-state index contributed by atoms with van der Waals surface area (Å²) in [5, 5.41) is 11.3. The van der Waals surface area contributed by atoms with E-state index in [1.165, 1.54) is 0 Å². The number of hydrogen-bond acceptors (Lipinski definition) is 7. The van der Waals surface area contributed by atoms with E-state index in [1.54, 1.807) is 0 Å². The van der Waals surface area contributed by atoms with Crippen LogP contribution in [0, 0.1) is 16.0 Å². The summed E-state index contributed by atoms with van der Waals surface area (Å²) in [6, 6.07) is 1.68. The molecule has 0 aliphatic carbocycles. The van der Waals surface area contributed by atoms with Gasteiger partial charge in [-0.2, -0.15) is 0 Å². The number of halogens is 1. The van der Waals surface area contributed by atoms with E-state index in [1.807, 2.05) is 13.8 Å². The number of sulfonamides is 1. The lowest BCUT2D eigenvalue weighted by Gasteiger charge is -2.21. The average Bonchev–Trinajstić information content (AvgIpc) is 2.52. The highest BCUT2D eigenvalue weighted by Gasteiger charge is 2.31. The molecule has 0 amide bonds. The average molecular weight is 396 g/mol. The van der Waals surface area contributed by atoms with Crippen molar-refractivity contribution in [3.8, 4) is 11.5 Å². The van der Waals surface area contributed by atoms with Crippen LogP contribution in [0.2, 0.25) is 0 Å². The van der Waals surface area contributed by atoms with Crippen molar-refractivity contribution >= 4 is 28.1 Å². The van der Waals surface area contributed by atoms with Crippen molar-refractivity contribution in [1.82, 2.24) is 4.72 Å². The number of nitrogens with zero attached hydrogens (tertiary/aromatic N) is 1. The number of hydrogen-bond donors (Lipinski definition) is 2. The summed E-state index contributed by atoms with van der Waals surface area (Å²) in [6.07, 6.45) is 0.522. The standard InChI is InChI=1S/C14H21N3O6S.ClH/c1-9(2)5-10(8-15)16-24(20,21)14-7-13-12(22-3-4-23-13)6-11(14)17(18)19;/h6-7,9-10,16H,3-5,8,15H2,1-2H3;1H. The number of nitro benzene ring substituents is 1. The largest absolute Gasteiger partial charge is 0.486 e. The van der Waals surface area contributed by atoms with E-state index in [9.17, 15) is 18.5 Å². The van der Waals surface area contributed by atoms with Gasteiger partial charge in [0.15, 0.2) is 16.4 Å². The maximum atomic E-state index is 12.6. The van der Waals surface area contributed by atoms with Crippen LogP contribution in [-0.2, 0) is 10.0 Å². The van der Waals surface area contributed by atoms with Gasteiger partial charge in [-0.05, 0) is 12.3 Å². The minimum atomic E-state index is -4.13. The van der Waals surface area contributed by atoms with Crippen molar-refractivity contribution in [3.63, 3.8) is 0 Å². The fourth-order valence-electron chi connectivity index (χ4n) is 2.46. The zero-order valence-corrected chi connectivity index (χ0v) is 15.6. The maximum Gasteiger partial charge on any atom is 0.293 e. The molecule has 0 radical (unpaired) electrons. The fraction of sp³-hybridized carbons (Fsp3) is 0.571. The number of fused-ring (bicyclic) bond motifs is 1. The highest BCUT2D eigenvalue weighted by atomic mass is 35.5. The van der Waals surface area contributed by atoms with Crippen LogP contribution < -0.4 is 19.9 Å². The van der Waals surface area contributed by atoms with Crippen LogP contribution in [0.25, 0.3) is 0 Å². The Morgan fingerprint density at radius 3 is 2.32 bits per heavy atom. The molecular formula is C14H22ClN3O6S. The molecule has 1 aliphatic rings. The predicted molar refractivity (Wildman–Crippen MR) is 94.0 cm³/mol. The Labute approximate surface area is 152 Å². The van der Waals surface area contributed by atoms with Crippen molar-refractivity contribution in [1.29, 1.82) is 0 Å². The third-order valence-corrected chi connectivity index (χ3v) is 5.02. The van der Waals surface area contributed by atoms with Gasteiger partial charge in [0.1, 0.15) is 13.2 Å². The van der Waals surface area contributed by atoms with Gasteiger partial charge in [-0.1, -0.05) is 13.8 Å². The van der Waals surface area contributed by atoms with E-state index < -0.39 is 31.6 Å². The molecule has 0 saturated heterocycles. The summed E-state index contributed by atoms with van der Waals surface area (Å²) in [6.45, 7) is 4.46. The van der Waals surface area contributed by atoms with E-state index in [0.29, 0.717) is 6.42 Å². The van der Waals surface area contributed by atoms with Gasteiger partial charge in [0.05, 0.1) is 11.0 Å². The van der Waals surface area contributed by atoms with Gasteiger partial charge in [-0.15, -0.1) is 12.4 Å². The van der Waals surface area contributed by atoms with Crippen LogP contribution in [0.3, 0.4) is 0 Å². The number of benzene rings is 1.